The average molecular weight is 357 g/mol. The molecule has 0 saturated heterocycles. The van der Waals surface area contributed by atoms with Crippen molar-refractivity contribution >= 4 is 17.3 Å². The third-order valence-electron chi connectivity index (χ3n) is 5.20. The fourth-order valence-electron chi connectivity index (χ4n) is 3.46. The summed E-state index contributed by atoms with van der Waals surface area (Å²) in [6.07, 6.45) is 4.29. The number of nitrogens with zero attached hydrogens (tertiary/aromatic N) is 2. The van der Waals surface area contributed by atoms with E-state index >= 15 is 0 Å². The monoisotopic (exact) mass is 357 g/mol. The number of benzene rings is 2. The summed E-state index contributed by atoms with van der Waals surface area (Å²) in [7, 11) is 0. The third kappa shape index (κ3) is 3.70. The number of aromatic nitrogens is 1. The Balaban J connectivity index is 1.52. The molecule has 0 spiro atoms. The Kier molecular flexibility index (Phi) is 4.63. The summed E-state index contributed by atoms with van der Waals surface area (Å²) in [6, 6.07) is 16.4. The van der Waals surface area contributed by atoms with E-state index in [1.54, 1.807) is 12.4 Å². The number of rotatable bonds is 3. The SMILES string of the molecule is Cc1ccc(Nc2cncc(C(=O)N3CCc4ccccc4C3)c2)cc1C. The number of hydrogen-bond donors (Lipinski definition) is 1. The van der Waals surface area contributed by atoms with Crippen LogP contribution in [0.3, 0.4) is 0 Å². The van der Waals surface area contributed by atoms with Crippen LogP contribution in [0.2, 0.25) is 0 Å². The molecule has 0 saturated carbocycles. The number of pyridine rings is 1. The van der Waals surface area contributed by atoms with Crippen molar-refractivity contribution < 1.29 is 4.79 Å². The minimum Gasteiger partial charge on any atom is -0.354 e. The molecule has 2 heterocycles. The Hall–Kier alpha value is -3.14. The van der Waals surface area contributed by atoms with Gasteiger partial charge >= 0.3 is 0 Å². The molecule has 1 aliphatic heterocycles. The maximum absolute atomic E-state index is 13.0. The minimum atomic E-state index is 0.0285. The molecule has 0 aliphatic carbocycles. The molecule has 4 rings (SSSR count). The van der Waals surface area contributed by atoms with Crippen LogP contribution in [0, 0.1) is 13.8 Å². The normalized spacial score (nSPS) is 13.2. The second kappa shape index (κ2) is 7.23. The molecule has 4 nitrogen and oxygen atoms in total. The van der Waals surface area contributed by atoms with Gasteiger partial charge in [0, 0.05) is 25.0 Å². The molecule has 27 heavy (non-hydrogen) atoms. The Morgan fingerprint density at radius 1 is 0.963 bits per heavy atom. The van der Waals surface area contributed by atoms with Crippen molar-refractivity contribution in [3.63, 3.8) is 0 Å². The average Bonchev–Trinajstić information content (AvgIpc) is 2.70. The van der Waals surface area contributed by atoms with Gasteiger partial charge in [0.1, 0.15) is 0 Å². The van der Waals surface area contributed by atoms with Crippen LogP contribution in [-0.2, 0) is 13.0 Å². The van der Waals surface area contributed by atoms with Crippen molar-refractivity contribution in [3.8, 4) is 0 Å². The van der Waals surface area contributed by atoms with Crippen LogP contribution < -0.4 is 5.32 Å². The van der Waals surface area contributed by atoms with Crippen molar-refractivity contribution in [2.24, 2.45) is 0 Å². The molecule has 2 aromatic carbocycles. The van der Waals surface area contributed by atoms with E-state index in [-0.39, 0.29) is 5.91 Å². The number of aryl methyl sites for hydroxylation is 2. The first-order valence-corrected chi connectivity index (χ1v) is 9.25. The van der Waals surface area contributed by atoms with Gasteiger partial charge in [-0.3, -0.25) is 9.78 Å². The lowest BCUT2D eigenvalue weighted by atomic mass is 9.99. The van der Waals surface area contributed by atoms with E-state index in [1.165, 1.54) is 22.3 Å². The van der Waals surface area contributed by atoms with Crippen LogP contribution >= 0.6 is 0 Å². The molecular formula is C23H23N3O. The third-order valence-corrected chi connectivity index (χ3v) is 5.20. The maximum atomic E-state index is 13.0. The summed E-state index contributed by atoms with van der Waals surface area (Å²) >= 11 is 0. The molecule has 0 unspecified atom stereocenters. The molecule has 1 aliphatic rings. The lowest BCUT2D eigenvalue weighted by Crippen LogP contribution is -2.36. The minimum absolute atomic E-state index is 0.0285. The van der Waals surface area contributed by atoms with Crippen molar-refractivity contribution in [2.75, 3.05) is 11.9 Å². The Labute approximate surface area is 159 Å². The second-order valence-corrected chi connectivity index (χ2v) is 7.13. The standard InChI is InChI=1S/C23H23N3O/c1-16-7-8-21(11-17(16)2)25-22-12-20(13-24-14-22)23(27)26-10-9-18-5-3-4-6-19(18)15-26/h3-8,11-14,25H,9-10,15H2,1-2H3. The summed E-state index contributed by atoms with van der Waals surface area (Å²) in [4.78, 5) is 19.1. The number of fused-ring (bicyclic) bond motifs is 1. The largest absolute Gasteiger partial charge is 0.354 e. The zero-order valence-corrected chi connectivity index (χ0v) is 15.7. The van der Waals surface area contributed by atoms with Crippen LogP contribution in [0.4, 0.5) is 11.4 Å². The summed E-state index contributed by atoms with van der Waals surface area (Å²) in [5.41, 5.74) is 7.49. The highest BCUT2D eigenvalue weighted by atomic mass is 16.2. The molecule has 0 radical (unpaired) electrons. The first-order chi connectivity index (χ1) is 13.1. The number of anilines is 2. The Morgan fingerprint density at radius 3 is 2.59 bits per heavy atom. The van der Waals surface area contributed by atoms with Gasteiger partial charge in [-0.15, -0.1) is 0 Å². The lowest BCUT2D eigenvalue weighted by Gasteiger charge is -2.29. The van der Waals surface area contributed by atoms with E-state index in [2.05, 4.69) is 54.5 Å². The molecule has 0 bridgehead atoms. The van der Waals surface area contributed by atoms with Crippen molar-refractivity contribution in [1.29, 1.82) is 0 Å². The topological polar surface area (TPSA) is 45.2 Å². The summed E-state index contributed by atoms with van der Waals surface area (Å²) in [5.74, 6) is 0.0285. The number of carbonyl (C=O) groups is 1. The molecular weight excluding hydrogens is 334 g/mol. The van der Waals surface area contributed by atoms with E-state index in [9.17, 15) is 4.79 Å². The van der Waals surface area contributed by atoms with E-state index < -0.39 is 0 Å². The predicted octanol–water partition coefficient (Wildman–Crippen LogP) is 4.64. The fraction of sp³-hybridized carbons (Fsp3) is 0.217. The lowest BCUT2D eigenvalue weighted by molar-refractivity contribution is 0.0734. The zero-order chi connectivity index (χ0) is 18.8. The molecule has 1 aromatic heterocycles. The van der Waals surface area contributed by atoms with E-state index in [0.717, 1.165) is 24.3 Å². The van der Waals surface area contributed by atoms with Crippen molar-refractivity contribution in [3.05, 3.63) is 88.7 Å². The fourth-order valence-corrected chi connectivity index (χ4v) is 3.46. The molecule has 136 valence electrons. The van der Waals surface area contributed by atoms with Gasteiger partial charge in [0.05, 0.1) is 17.4 Å². The van der Waals surface area contributed by atoms with Gasteiger partial charge in [0.15, 0.2) is 0 Å². The predicted molar refractivity (Wildman–Crippen MR) is 108 cm³/mol. The number of amides is 1. The summed E-state index contributed by atoms with van der Waals surface area (Å²) in [6.45, 7) is 5.58. The number of nitrogens with one attached hydrogen (secondary N) is 1. The molecule has 0 atom stereocenters. The summed E-state index contributed by atoms with van der Waals surface area (Å²) in [5, 5.41) is 3.35. The van der Waals surface area contributed by atoms with Gasteiger partial charge in [-0.25, -0.2) is 0 Å². The quantitative estimate of drug-likeness (QED) is 0.743. The molecule has 1 N–H and O–H groups in total. The Bertz CT molecular complexity index is 996. The number of carbonyl (C=O) groups excluding carboxylic acids is 1. The number of hydrogen-bond acceptors (Lipinski definition) is 3. The van der Waals surface area contributed by atoms with Crippen LogP contribution in [0.15, 0.2) is 60.9 Å². The smallest absolute Gasteiger partial charge is 0.255 e. The first-order valence-electron chi connectivity index (χ1n) is 9.25. The van der Waals surface area contributed by atoms with Crippen molar-refractivity contribution in [1.82, 2.24) is 9.88 Å². The van der Waals surface area contributed by atoms with E-state index in [0.29, 0.717) is 12.1 Å². The first kappa shape index (κ1) is 17.3. The van der Waals surface area contributed by atoms with E-state index in [1.807, 2.05) is 23.1 Å². The second-order valence-electron chi connectivity index (χ2n) is 7.13. The van der Waals surface area contributed by atoms with Gasteiger partial charge in [-0.1, -0.05) is 30.3 Å². The van der Waals surface area contributed by atoms with Crippen LogP contribution in [-0.4, -0.2) is 22.3 Å². The van der Waals surface area contributed by atoms with E-state index in [4.69, 9.17) is 0 Å². The van der Waals surface area contributed by atoms with Gasteiger partial charge in [0.25, 0.3) is 5.91 Å². The maximum Gasteiger partial charge on any atom is 0.255 e. The van der Waals surface area contributed by atoms with Crippen molar-refractivity contribution in [2.45, 2.75) is 26.8 Å². The van der Waals surface area contributed by atoms with Gasteiger partial charge in [0.2, 0.25) is 0 Å². The molecule has 0 fully saturated rings. The van der Waals surface area contributed by atoms with Crippen LogP contribution in [0.1, 0.15) is 32.6 Å². The zero-order valence-electron chi connectivity index (χ0n) is 15.7. The van der Waals surface area contributed by atoms with Gasteiger partial charge in [-0.05, 0) is 60.7 Å². The van der Waals surface area contributed by atoms with Gasteiger partial charge < -0.3 is 10.2 Å². The van der Waals surface area contributed by atoms with Gasteiger partial charge in [-0.2, -0.15) is 0 Å². The Morgan fingerprint density at radius 2 is 1.78 bits per heavy atom. The highest BCUT2D eigenvalue weighted by molar-refractivity contribution is 5.95. The highest BCUT2D eigenvalue weighted by Crippen LogP contribution is 2.23. The molecule has 1 amide bonds. The van der Waals surface area contributed by atoms with Crippen LogP contribution in [0.5, 0.6) is 0 Å². The highest BCUT2D eigenvalue weighted by Gasteiger charge is 2.21. The summed E-state index contributed by atoms with van der Waals surface area (Å²) < 4.78 is 0. The molecule has 4 heteroatoms. The molecule has 3 aromatic rings. The van der Waals surface area contributed by atoms with Crippen LogP contribution in [0.25, 0.3) is 0 Å².